The number of carbonyl (C=O) groups excluding carboxylic acids is 1. The molecular weight excluding hydrogens is 580 g/mol. The van der Waals surface area contributed by atoms with E-state index in [0.29, 0.717) is 35.2 Å². The molecule has 1 saturated carbocycles. The third-order valence-electron chi connectivity index (χ3n) is 10.4. The third-order valence-corrected chi connectivity index (χ3v) is 10.4. The number of nitrogens with zero attached hydrogens (tertiary/aromatic N) is 7. The Labute approximate surface area is 269 Å². The molecule has 240 valence electrons. The Kier molecular flexibility index (Phi) is 6.93. The molecule has 4 aliphatic rings. The molecule has 0 unspecified atom stereocenters. The maximum absolute atomic E-state index is 12.4. The molecule has 1 amide bonds. The highest BCUT2D eigenvalue weighted by molar-refractivity contribution is 5.85. The zero-order valence-corrected chi connectivity index (χ0v) is 26.9. The summed E-state index contributed by atoms with van der Waals surface area (Å²) in [7, 11) is 0. The van der Waals surface area contributed by atoms with E-state index in [0.717, 1.165) is 69.0 Å². The number of carbonyl (C=O) groups is 1. The molecule has 4 aromatic rings. The number of para-hydroxylation sites is 1. The molecule has 1 aliphatic carbocycles. The molecule has 8 rings (SSSR count). The summed E-state index contributed by atoms with van der Waals surface area (Å²) >= 11 is 0. The fraction of sp³-hybridized carbons (Fsp3) is 0.514. The van der Waals surface area contributed by atoms with Crippen LogP contribution in [-0.4, -0.2) is 90.5 Å². The number of aromatic amines is 1. The number of hydrogen-bond acceptors (Lipinski definition) is 9. The van der Waals surface area contributed by atoms with Gasteiger partial charge in [-0.15, -0.1) is 10.2 Å². The monoisotopic (exact) mass is 622 g/mol. The first kappa shape index (κ1) is 29.2. The number of phenolic OH excluding ortho intramolecular Hbond substituents is 1. The first-order valence-electron chi connectivity index (χ1n) is 16.6. The highest BCUT2D eigenvalue weighted by atomic mass is 16.6. The Balaban J connectivity index is 0.860. The molecule has 3 aromatic heterocycles. The second-order valence-corrected chi connectivity index (χ2v) is 14.8. The van der Waals surface area contributed by atoms with Gasteiger partial charge < -0.3 is 29.5 Å². The fourth-order valence-corrected chi connectivity index (χ4v) is 7.98. The first-order chi connectivity index (χ1) is 22.1. The summed E-state index contributed by atoms with van der Waals surface area (Å²) in [6.07, 6.45) is 9.37. The van der Waals surface area contributed by atoms with Crippen LogP contribution in [0.25, 0.3) is 22.3 Å². The maximum Gasteiger partial charge on any atom is 0.410 e. The number of likely N-dealkylation sites (tertiary alicyclic amines) is 2. The SMILES string of the molecule is CC(C)(C)OC(=O)N1CC2(CC(N3CCC(c4cnc(N5CCc6[nH]c7nnc(-c8ccccc8O)cc7c6C5)nc4)CC3)C2)C1. The number of amides is 1. The van der Waals surface area contributed by atoms with E-state index in [-0.39, 0.29) is 11.8 Å². The summed E-state index contributed by atoms with van der Waals surface area (Å²) in [5.74, 6) is 1.43. The average molecular weight is 623 g/mol. The molecule has 0 radical (unpaired) electrons. The fourth-order valence-electron chi connectivity index (χ4n) is 7.98. The van der Waals surface area contributed by atoms with Gasteiger partial charge in [-0.1, -0.05) is 12.1 Å². The molecule has 0 bridgehead atoms. The zero-order chi connectivity index (χ0) is 31.6. The molecule has 1 spiro atoms. The molecule has 2 saturated heterocycles. The maximum atomic E-state index is 12.4. The summed E-state index contributed by atoms with van der Waals surface area (Å²) in [6, 6.07) is 9.87. The number of aromatic hydroxyl groups is 1. The molecule has 11 nitrogen and oxygen atoms in total. The van der Waals surface area contributed by atoms with E-state index in [1.165, 1.54) is 29.7 Å². The van der Waals surface area contributed by atoms with E-state index >= 15 is 0 Å². The van der Waals surface area contributed by atoms with Gasteiger partial charge >= 0.3 is 6.09 Å². The lowest BCUT2D eigenvalue weighted by molar-refractivity contribution is -0.110. The van der Waals surface area contributed by atoms with Gasteiger partial charge in [0.1, 0.15) is 11.4 Å². The molecule has 46 heavy (non-hydrogen) atoms. The number of H-pyrrole nitrogens is 1. The summed E-state index contributed by atoms with van der Waals surface area (Å²) in [5, 5.41) is 20.2. The number of anilines is 1. The van der Waals surface area contributed by atoms with Crippen LogP contribution in [0, 0.1) is 5.41 Å². The van der Waals surface area contributed by atoms with Gasteiger partial charge in [0.2, 0.25) is 5.95 Å². The van der Waals surface area contributed by atoms with E-state index in [1.54, 1.807) is 12.1 Å². The lowest BCUT2D eigenvalue weighted by Gasteiger charge is -2.61. The topological polar surface area (TPSA) is 124 Å². The minimum absolute atomic E-state index is 0.173. The number of piperidine rings is 1. The lowest BCUT2D eigenvalue weighted by atomic mass is 9.60. The summed E-state index contributed by atoms with van der Waals surface area (Å²) in [4.78, 5) is 32.2. The van der Waals surface area contributed by atoms with E-state index in [9.17, 15) is 9.90 Å². The van der Waals surface area contributed by atoms with Crippen molar-refractivity contribution in [1.29, 1.82) is 0 Å². The number of aromatic nitrogens is 5. The Hall–Kier alpha value is -4.25. The van der Waals surface area contributed by atoms with Gasteiger partial charge in [0.25, 0.3) is 0 Å². The van der Waals surface area contributed by atoms with Crippen LogP contribution in [0.3, 0.4) is 0 Å². The Morgan fingerprint density at radius 3 is 2.50 bits per heavy atom. The number of rotatable bonds is 4. The largest absolute Gasteiger partial charge is 0.507 e. The number of phenols is 1. The molecule has 2 N–H and O–H groups in total. The van der Waals surface area contributed by atoms with Crippen LogP contribution >= 0.6 is 0 Å². The van der Waals surface area contributed by atoms with E-state index in [1.807, 2.05) is 56.3 Å². The Bertz CT molecular complexity index is 1760. The van der Waals surface area contributed by atoms with Gasteiger partial charge in [-0.3, -0.25) is 0 Å². The second-order valence-electron chi connectivity index (χ2n) is 14.8. The minimum atomic E-state index is -0.441. The van der Waals surface area contributed by atoms with Crippen molar-refractivity contribution in [3.63, 3.8) is 0 Å². The zero-order valence-electron chi connectivity index (χ0n) is 26.9. The van der Waals surface area contributed by atoms with Crippen molar-refractivity contribution in [2.24, 2.45) is 5.41 Å². The molecular formula is C35H42N8O3. The van der Waals surface area contributed by atoms with Crippen LogP contribution < -0.4 is 4.90 Å². The van der Waals surface area contributed by atoms with Crippen LogP contribution in [0.1, 0.15) is 69.2 Å². The van der Waals surface area contributed by atoms with Crippen LogP contribution in [0.4, 0.5) is 10.7 Å². The van der Waals surface area contributed by atoms with Gasteiger partial charge in [0.15, 0.2) is 5.65 Å². The van der Waals surface area contributed by atoms with Crippen molar-refractivity contribution in [3.8, 4) is 17.0 Å². The smallest absolute Gasteiger partial charge is 0.410 e. The Morgan fingerprint density at radius 1 is 1.04 bits per heavy atom. The Morgan fingerprint density at radius 2 is 1.78 bits per heavy atom. The van der Waals surface area contributed by atoms with Crippen LogP contribution in [0.2, 0.25) is 0 Å². The molecule has 11 heteroatoms. The molecule has 0 atom stereocenters. The predicted octanol–water partition coefficient (Wildman–Crippen LogP) is 5.26. The van der Waals surface area contributed by atoms with Crippen LogP contribution in [0.15, 0.2) is 42.7 Å². The highest BCUT2D eigenvalue weighted by Crippen LogP contribution is 2.51. The van der Waals surface area contributed by atoms with Crippen molar-refractivity contribution in [1.82, 2.24) is 34.9 Å². The number of benzene rings is 1. The first-order valence-corrected chi connectivity index (χ1v) is 16.6. The van der Waals surface area contributed by atoms with Crippen LogP contribution in [-0.2, 0) is 17.7 Å². The summed E-state index contributed by atoms with van der Waals surface area (Å²) in [5.41, 5.74) is 5.55. The number of fused-ring (bicyclic) bond motifs is 3. The average Bonchev–Trinajstić information content (AvgIpc) is 3.37. The van der Waals surface area contributed by atoms with Crippen molar-refractivity contribution < 1.29 is 14.6 Å². The van der Waals surface area contributed by atoms with Crippen LogP contribution in [0.5, 0.6) is 5.75 Å². The molecule has 3 fully saturated rings. The summed E-state index contributed by atoms with van der Waals surface area (Å²) < 4.78 is 5.54. The van der Waals surface area contributed by atoms with Crippen molar-refractivity contribution in [2.45, 2.75) is 77.0 Å². The number of ether oxygens (including phenoxy) is 1. The van der Waals surface area contributed by atoms with Crippen molar-refractivity contribution in [2.75, 3.05) is 37.6 Å². The van der Waals surface area contributed by atoms with Gasteiger partial charge in [-0.25, -0.2) is 14.8 Å². The van der Waals surface area contributed by atoms with E-state index in [2.05, 4.69) is 25.0 Å². The third kappa shape index (κ3) is 5.34. The van der Waals surface area contributed by atoms with Gasteiger partial charge in [0.05, 0.1) is 5.69 Å². The van der Waals surface area contributed by atoms with Gasteiger partial charge in [0, 0.05) is 78.7 Å². The second kappa shape index (κ2) is 10.9. The molecule has 1 aromatic carbocycles. The summed E-state index contributed by atoms with van der Waals surface area (Å²) in [6.45, 7) is 11.2. The van der Waals surface area contributed by atoms with Gasteiger partial charge in [-0.2, -0.15) is 0 Å². The van der Waals surface area contributed by atoms with E-state index < -0.39 is 5.60 Å². The van der Waals surface area contributed by atoms with Gasteiger partial charge in [-0.05, 0) is 89.2 Å². The quantitative estimate of drug-likeness (QED) is 0.314. The number of nitrogens with one attached hydrogen (secondary N) is 1. The molecule has 6 heterocycles. The van der Waals surface area contributed by atoms with Crippen molar-refractivity contribution in [3.05, 3.63) is 59.5 Å². The normalized spacial score (nSPS) is 20.4. The predicted molar refractivity (Wildman–Crippen MR) is 175 cm³/mol. The number of hydrogen-bond donors (Lipinski definition) is 2. The minimum Gasteiger partial charge on any atom is -0.507 e. The van der Waals surface area contributed by atoms with E-state index in [4.69, 9.17) is 14.7 Å². The van der Waals surface area contributed by atoms with Crippen molar-refractivity contribution >= 4 is 23.1 Å². The standard InChI is InChI=1S/C35H42N8O3/c1-34(2,3)46-33(45)43-20-35(21-43)15-24(16-35)41-11-8-22(9-12-41)23-17-36-32(37-18-23)42-13-10-28-27(19-42)26-14-29(39-40-31(26)38-28)25-6-4-5-7-30(25)44/h4-7,14,17-18,22,24,44H,8-13,15-16,19-21H2,1-3H3,(H,38,40). The lowest BCUT2D eigenvalue weighted by Crippen LogP contribution is -2.68. The highest BCUT2D eigenvalue weighted by Gasteiger charge is 2.55. The molecule has 3 aliphatic heterocycles.